The Kier molecular flexibility index (Phi) is 4.07. The summed E-state index contributed by atoms with van der Waals surface area (Å²) in [5.74, 6) is -1.55. The molecule has 1 aliphatic heterocycles. The minimum Gasteiger partial charge on any atom is -0.381 e. The summed E-state index contributed by atoms with van der Waals surface area (Å²) in [6.07, 6.45) is 0.614. The summed E-state index contributed by atoms with van der Waals surface area (Å²) in [5, 5.41) is 2.51. The van der Waals surface area contributed by atoms with Gasteiger partial charge in [0.25, 0.3) is 9.05 Å². The monoisotopic (exact) mass is 307 g/mol. The highest BCUT2D eigenvalue weighted by molar-refractivity contribution is 8.13. The predicted molar refractivity (Wildman–Crippen MR) is 67.0 cm³/mol. The Hall–Kier alpha value is -1.18. The molecule has 1 amide bonds. The highest BCUT2D eigenvalue weighted by atomic mass is 35.7. The van der Waals surface area contributed by atoms with Gasteiger partial charge in [0.1, 0.15) is 10.7 Å². The molecule has 19 heavy (non-hydrogen) atoms. The lowest BCUT2D eigenvalue weighted by Gasteiger charge is -2.10. The predicted octanol–water partition coefficient (Wildman–Crippen LogP) is 1.73. The fourth-order valence-electron chi connectivity index (χ4n) is 1.76. The van der Waals surface area contributed by atoms with E-state index in [1.807, 2.05) is 0 Å². The lowest BCUT2D eigenvalue weighted by molar-refractivity contribution is -0.119. The maximum absolute atomic E-state index is 13.5. The molecule has 1 aromatic rings. The molecule has 5 nitrogen and oxygen atoms in total. The molecule has 104 valence electrons. The van der Waals surface area contributed by atoms with Crippen molar-refractivity contribution in [3.8, 4) is 0 Å². The van der Waals surface area contributed by atoms with Crippen molar-refractivity contribution < 1.29 is 22.3 Å². The molecule has 1 aromatic carbocycles. The maximum atomic E-state index is 13.5. The van der Waals surface area contributed by atoms with Gasteiger partial charge in [-0.3, -0.25) is 4.79 Å². The normalized spacial score (nSPS) is 19.4. The summed E-state index contributed by atoms with van der Waals surface area (Å²) >= 11 is 0. The highest BCUT2D eigenvalue weighted by Crippen LogP contribution is 2.23. The summed E-state index contributed by atoms with van der Waals surface area (Å²) in [7, 11) is 0.924. The Morgan fingerprint density at radius 2 is 2.21 bits per heavy atom. The number of halogens is 2. The van der Waals surface area contributed by atoms with Crippen LogP contribution >= 0.6 is 10.7 Å². The first-order chi connectivity index (χ1) is 8.88. The van der Waals surface area contributed by atoms with Crippen molar-refractivity contribution in [2.24, 2.45) is 5.92 Å². The molecule has 0 radical (unpaired) electrons. The Bertz CT molecular complexity index is 599. The molecule has 0 saturated carbocycles. The number of benzene rings is 1. The van der Waals surface area contributed by atoms with Crippen molar-refractivity contribution in [1.82, 2.24) is 0 Å². The highest BCUT2D eigenvalue weighted by Gasteiger charge is 2.24. The lowest BCUT2D eigenvalue weighted by Crippen LogP contribution is -2.22. The van der Waals surface area contributed by atoms with Crippen LogP contribution in [0.1, 0.15) is 6.42 Å². The van der Waals surface area contributed by atoms with E-state index in [1.165, 1.54) is 6.07 Å². The minimum atomic E-state index is -4.13. The number of nitrogens with one attached hydrogen (secondary N) is 1. The van der Waals surface area contributed by atoms with Crippen molar-refractivity contribution in [1.29, 1.82) is 0 Å². The molecule has 2 rings (SSSR count). The molecule has 1 saturated heterocycles. The van der Waals surface area contributed by atoms with Crippen LogP contribution in [0.2, 0.25) is 0 Å². The molecule has 0 aromatic heterocycles. The minimum absolute atomic E-state index is 0.179. The zero-order chi connectivity index (χ0) is 14.0. The Balaban J connectivity index is 2.14. The van der Waals surface area contributed by atoms with Gasteiger partial charge >= 0.3 is 0 Å². The summed E-state index contributed by atoms with van der Waals surface area (Å²) in [6.45, 7) is 0.859. The Morgan fingerprint density at radius 1 is 1.47 bits per heavy atom. The van der Waals surface area contributed by atoms with Crippen LogP contribution in [0, 0.1) is 11.7 Å². The molecule has 1 unspecified atom stereocenters. The molecule has 1 atom stereocenters. The zero-order valence-electron chi connectivity index (χ0n) is 9.73. The van der Waals surface area contributed by atoms with Gasteiger partial charge in [0, 0.05) is 23.0 Å². The molecule has 0 aliphatic carbocycles. The number of hydrogen-bond acceptors (Lipinski definition) is 4. The fraction of sp³-hybridized carbons (Fsp3) is 0.364. The van der Waals surface area contributed by atoms with Crippen molar-refractivity contribution in [3.63, 3.8) is 0 Å². The van der Waals surface area contributed by atoms with Gasteiger partial charge in [-0.15, -0.1) is 0 Å². The quantitative estimate of drug-likeness (QED) is 0.863. The number of amides is 1. The molecule has 0 spiro atoms. The largest absolute Gasteiger partial charge is 0.381 e. The number of anilines is 1. The standard InChI is InChI=1S/C11H11ClFNO4S/c12-19(16,17)10-2-1-8(5-9(10)13)14-11(15)7-3-4-18-6-7/h1-2,5,7H,3-4,6H2,(H,14,15). The van der Waals surface area contributed by atoms with E-state index < -0.39 is 19.8 Å². The number of rotatable bonds is 3. The maximum Gasteiger partial charge on any atom is 0.264 e. The molecule has 1 N–H and O–H groups in total. The van der Waals surface area contributed by atoms with E-state index in [2.05, 4.69) is 5.32 Å². The summed E-state index contributed by atoms with van der Waals surface area (Å²) in [4.78, 5) is 11.1. The fourth-order valence-corrected chi connectivity index (χ4v) is 2.66. The van der Waals surface area contributed by atoms with Crippen LogP contribution in [0.15, 0.2) is 23.1 Å². The first-order valence-corrected chi connectivity index (χ1v) is 7.81. The first kappa shape index (κ1) is 14.2. The second-order valence-corrected chi connectivity index (χ2v) is 6.67. The third-order valence-corrected chi connectivity index (χ3v) is 4.12. The van der Waals surface area contributed by atoms with Crippen molar-refractivity contribution in [2.75, 3.05) is 18.5 Å². The molecular formula is C11H11ClFNO4S. The van der Waals surface area contributed by atoms with Gasteiger partial charge in [-0.2, -0.15) is 0 Å². The Morgan fingerprint density at radius 3 is 2.74 bits per heavy atom. The van der Waals surface area contributed by atoms with Crippen molar-refractivity contribution >= 4 is 31.3 Å². The summed E-state index contributed by atoms with van der Waals surface area (Å²) in [6, 6.07) is 3.22. The topological polar surface area (TPSA) is 72.5 Å². The third-order valence-electron chi connectivity index (χ3n) is 2.76. The van der Waals surface area contributed by atoms with Crippen LogP contribution in [0.4, 0.5) is 10.1 Å². The van der Waals surface area contributed by atoms with Gasteiger partial charge in [0.05, 0.1) is 12.5 Å². The van der Waals surface area contributed by atoms with Crippen LogP contribution < -0.4 is 5.32 Å². The lowest BCUT2D eigenvalue weighted by atomic mass is 10.1. The van der Waals surface area contributed by atoms with Crippen LogP contribution in [-0.2, 0) is 18.6 Å². The average molecular weight is 308 g/mol. The van der Waals surface area contributed by atoms with E-state index in [4.69, 9.17) is 15.4 Å². The third kappa shape index (κ3) is 3.43. The van der Waals surface area contributed by atoms with E-state index >= 15 is 0 Å². The van der Waals surface area contributed by atoms with Gasteiger partial charge in [-0.25, -0.2) is 12.8 Å². The van der Waals surface area contributed by atoms with Crippen molar-refractivity contribution in [3.05, 3.63) is 24.0 Å². The van der Waals surface area contributed by atoms with E-state index in [1.54, 1.807) is 0 Å². The van der Waals surface area contributed by atoms with Crippen LogP contribution in [0.3, 0.4) is 0 Å². The van der Waals surface area contributed by atoms with Gasteiger partial charge in [0.15, 0.2) is 0 Å². The van der Waals surface area contributed by atoms with Gasteiger partial charge in [-0.05, 0) is 24.6 Å². The second-order valence-electron chi connectivity index (χ2n) is 4.13. The SMILES string of the molecule is O=C(Nc1ccc(S(=O)(=O)Cl)c(F)c1)C1CCOC1. The zero-order valence-corrected chi connectivity index (χ0v) is 11.3. The molecule has 8 heteroatoms. The number of ether oxygens (including phenoxy) is 1. The molecule has 1 fully saturated rings. The van der Waals surface area contributed by atoms with Crippen molar-refractivity contribution in [2.45, 2.75) is 11.3 Å². The Labute approximate surface area is 114 Å². The first-order valence-electron chi connectivity index (χ1n) is 5.51. The van der Waals surface area contributed by atoms with E-state index in [9.17, 15) is 17.6 Å². The van der Waals surface area contributed by atoms with Crippen LogP contribution in [0.25, 0.3) is 0 Å². The molecule has 1 aliphatic rings. The molecule has 0 bridgehead atoms. The number of carbonyl (C=O) groups is 1. The average Bonchev–Trinajstić information content (AvgIpc) is 2.80. The summed E-state index contributed by atoms with van der Waals surface area (Å²) < 4.78 is 40.6. The van der Waals surface area contributed by atoms with Crippen LogP contribution in [-0.4, -0.2) is 27.5 Å². The second kappa shape index (κ2) is 5.44. The van der Waals surface area contributed by atoms with Crippen LogP contribution in [0.5, 0.6) is 0 Å². The smallest absolute Gasteiger partial charge is 0.264 e. The van der Waals surface area contributed by atoms with E-state index in [-0.39, 0.29) is 17.5 Å². The van der Waals surface area contributed by atoms with Gasteiger partial charge < -0.3 is 10.1 Å². The molecule has 1 heterocycles. The number of hydrogen-bond donors (Lipinski definition) is 1. The van der Waals surface area contributed by atoms with E-state index in [0.717, 1.165) is 12.1 Å². The molecular weight excluding hydrogens is 297 g/mol. The van der Waals surface area contributed by atoms with E-state index in [0.29, 0.717) is 19.6 Å². The summed E-state index contributed by atoms with van der Waals surface area (Å²) in [5.41, 5.74) is 0.179. The van der Waals surface area contributed by atoms with Gasteiger partial charge in [0.2, 0.25) is 5.91 Å². The van der Waals surface area contributed by atoms with Gasteiger partial charge in [-0.1, -0.05) is 0 Å². The number of carbonyl (C=O) groups excluding carboxylic acids is 1.